The molecule has 6 nitrogen and oxygen atoms in total. The molecule has 1 aliphatic rings. The maximum atomic E-state index is 13.5. The molecule has 9 heteroatoms. The molecule has 1 aliphatic heterocycles. The van der Waals surface area contributed by atoms with Gasteiger partial charge < -0.3 is 15.7 Å². The molecule has 1 aromatic carbocycles. The molecule has 1 unspecified atom stereocenters. The Morgan fingerprint density at radius 2 is 2.04 bits per heavy atom. The molecule has 3 atom stereocenters. The first-order chi connectivity index (χ1) is 12.7. The Kier molecular flexibility index (Phi) is 5.25. The van der Waals surface area contributed by atoms with Crippen LogP contribution < -0.4 is 10.6 Å². The number of amides is 1. The third kappa shape index (κ3) is 3.84. The number of rotatable bonds is 5. The number of benzene rings is 1. The minimum absolute atomic E-state index is 0.186. The van der Waals surface area contributed by atoms with Gasteiger partial charge >= 0.3 is 6.18 Å². The van der Waals surface area contributed by atoms with Crippen LogP contribution in [0.25, 0.3) is 0 Å². The van der Waals surface area contributed by atoms with Crippen molar-refractivity contribution in [1.82, 2.24) is 20.4 Å². The van der Waals surface area contributed by atoms with E-state index in [1.807, 2.05) is 0 Å². The third-order valence-corrected chi connectivity index (χ3v) is 4.94. The number of carbonyl (C=O) groups excluding carboxylic acids is 1. The molecule has 1 amide bonds. The maximum Gasteiger partial charge on any atom is 0.423 e. The van der Waals surface area contributed by atoms with Gasteiger partial charge in [0.15, 0.2) is 0 Å². The molecular formula is C18H21F3N4O2. The fourth-order valence-corrected chi connectivity index (χ4v) is 3.36. The Hall–Kier alpha value is -2.39. The van der Waals surface area contributed by atoms with Gasteiger partial charge in [-0.05, 0) is 11.1 Å². The molecule has 0 radical (unpaired) electrons. The molecule has 0 spiro atoms. The number of nitrogens with one attached hydrogen (secondary N) is 2. The zero-order valence-electron chi connectivity index (χ0n) is 14.7. The highest BCUT2D eigenvalue weighted by Gasteiger charge is 2.55. The summed E-state index contributed by atoms with van der Waals surface area (Å²) < 4.78 is 42.2. The van der Waals surface area contributed by atoms with E-state index in [1.54, 1.807) is 30.2 Å². The Labute approximate surface area is 154 Å². The van der Waals surface area contributed by atoms with Crippen molar-refractivity contribution in [1.29, 1.82) is 0 Å². The van der Waals surface area contributed by atoms with Gasteiger partial charge in [-0.3, -0.25) is 9.48 Å². The minimum atomic E-state index is -4.93. The molecule has 1 aromatic heterocycles. The van der Waals surface area contributed by atoms with Crippen LogP contribution in [0.4, 0.5) is 13.2 Å². The fourth-order valence-electron chi connectivity index (χ4n) is 3.36. The van der Waals surface area contributed by atoms with Gasteiger partial charge in [0.1, 0.15) is 0 Å². The summed E-state index contributed by atoms with van der Waals surface area (Å²) in [5.74, 6) is -1.26. The monoisotopic (exact) mass is 382 g/mol. The number of hydrogen-bond donors (Lipinski definition) is 3. The third-order valence-electron chi connectivity index (χ3n) is 4.94. The van der Waals surface area contributed by atoms with Crippen LogP contribution in [0.1, 0.15) is 17.0 Å². The summed E-state index contributed by atoms with van der Waals surface area (Å²) >= 11 is 0. The predicted octanol–water partition coefficient (Wildman–Crippen LogP) is 1.29. The van der Waals surface area contributed by atoms with E-state index in [9.17, 15) is 23.1 Å². The summed E-state index contributed by atoms with van der Waals surface area (Å²) in [6.45, 7) is -0.0667. The van der Waals surface area contributed by atoms with Crippen LogP contribution in [0.5, 0.6) is 0 Å². The quantitative estimate of drug-likeness (QED) is 0.728. The van der Waals surface area contributed by atoms with E-state index in [4.69, 9.17) is 0 Å². The van der Waals surface area contributed by atoms with Crippen molar-refractivity contribution in [3.63, 3.8) is 0 Å². The second-order valence-electron chi connectivity index (χ2n) is 6.76. The van der Waals surface area contributed by atoms with Crippen molar-refractivity contribution in [2.45, 2.75) is 17.7 Å². The summed E-state index contributed by atoms with van der Waals surface area (Å²) in [5, 5.41) is 19.8. The van der Waals surface area contributed by atoms with Gasteiger partial charge in [0.05, 0.1) is 18.7 Å². The molecule has 1 fully saturated rings. The molecule has 3 rings (SSSR count). The average molecular weight is 382 g/mol. The molecule has 3 N–H and O–H groups in total. The van der Waals surface area contributed by atoms with Crippen LogP contribution in [0.3, 0.4) is 0 Å². The lowest BCUT2D eigenvalue weighted by Gasteiger charge is -2.31. The highest BCUT2D eigenvalue weighted by atomic mass is 19.4. The van der Waals surface area contributed by atoms with E-state index < -0.39 is 30.1 Å². The highest BCUT2D eigenvalue weighted by molar-refractivity contribution is 5.80. The van der Waals surface area contributed by atoms with Crippen molar-refractivity contribution in [2.24, 2.45) is 13.0 Å². The molecule has 146 valence electrons. The Morgan fingerprint density at radius 1 is 1.33 bits per heavy atom. The van der Waals surface area contributed by atoms with Gasteiger partial charge in [-0.15, -0.1) is 0 Å². The highest BCUT2D eigenvalue weighted by Crippen LogP contribution is 2.38. The van der Waals surface area contributed by atoms with E-state index in [2.05, 4.69) is 15.7 Å². The lowest BCUT2D eigenvalue weighted by atomic mass is 9.89. The van der Waals surface area contributed by atoms with Crippen LogP contribution in [-0.2, 0) is 17.4 Å². The van der Waals surface area contributed by atoms with E-state index in [-0.39, 0.29) is 11.5 Å². The van der Waals surface area contributed by atoms with E-state index >= 15 is 0 Å². The minimum Gasteiger partial charge on any atom is -0.375 e. The van der Waals surface area contributed by atoms with Crippen LogP contribution in [0.15, 0.2) is 42.7 Å². The number of hydrogen-bond acceptors (Lipinski definition) is 4. The van der Waals surface area contributed by atoms with Gasteiger partial charge in [0.2, 0.25) is 11.5 Å². The molecule has 0 aliphatic carbocycles. The van der Waals surface area contributed by atoms with Gasteiger partial charge in [0, 0.05) is 32.3 Å². The zero-order valence-corrected chi connectivity index (χ0v) is 14.7. The number of nitrogens with zero attached hydrogens (tertiary/aromatic N) is 2. The summed E-state index contributed by atoms with van der Waals surface area (Å²) in [4.78, 5) is 12.6. The van der Waals surface area contributed by atoms with Crippen molar-refractivity contribution >= 4 is 5.91 Å². The van der Waals surface area contributed by atoms with Crippen molar-refractivity contribution in [3.05, 3.63) is 53.9 Å². The topological polar surface area (TPSA) is 79.2 Å². The molecular weight excluding hydrogens is 361 g/mol. The fraction of sp³-hybridized carbons (Fsp3) is 0.444. The van der Waals surface area contributed by atoms with Crippen molar-refractivity contribution < 1.29 is 23.1 Å². The van der Waals surface area contributed by atoms with E-state index in [0.29, 0.717) is 13.1 Å². The van der Waals surface area contributed by atoms with Gasteiger partial charge in [-0.25, -0.2) is 0 Å². The molecule has 0 bridgehead atoms. The summed E-state index contributed by atoms with van der Waals surface area (Å²) in [6.07, 6.45) is -1.50. The Balaban J connectivity index is 1.74. The summed E-state index contributed by atoms with van der Waals surface area (Å²) in [7, 11) is 1.75. The van der Waals surface area contributed by atoms with E-state index in [1.165, 1.54) is 24.3 Å². The van der Waals surface area contributed by atoms with Gasteiger partial charge in [-0.1, -0.05) is 30.3 Å². The van der Waals surface area contributed by atoms with Crippen LogP contribution in [0, 0.1) is 5.92 Å². The smallest absolute Gasteiger partial charge is 0.375 e. The molecule has 27 heavy (non-hydrogen) atoms. The molecule has 2 aromatic rings. The normalized spacial score (nSPS) is 22.4. The first kappa shape index (κ1) is 19.4. The van der Waals surface area contributed by atoms with Crippen molar-refractivity contribution in [2.75, 3.05) is 19.6 Å². The second-order valence-corrected chi connectivity index (χ2v) is 6.76. The number of aromatic nitrogens is 2. The lowest BCUT2D eigenvalue weighted by Crippen LogP contribution is -2.52. The van der Waals surface area contributed by atoms with Crippen LogP contribution in [0.2, 0.25) is 0 Å². The average Bonchev–Trinajstić information content (AvgIpc) is 3.27. The number of aryl methyl sites for hydroxylation is 1. The lowest BCUT2D eigenvalue weighted by molar-refractivity contribution is -0.264. The number of halogens is 3. The Bertz CT molecular complexity index is 793. The first-order valence-electron chi connectivity index (χ1n) is 8.54. The number of alkyl halides is 3. The largest absolute Gasteiger partial charge is 0.423 e. The summed E-state index contributed by atoms with van der Waals surface area (Å²) in [6, 6.07) is 6.76. The summed E-state index contributed by atoms with van der Waals surface area (Å²) in [5.41, 5.74) is -2.62. The maximum absolute atomic E-state index is 13.5. The molecule has 2 heterocycles. The Morgan fingerprint density at radius 3 is 2.63 bits per heavy atom. The second kappa shape index (κ2) is 7.32. The van der Waals surface area contributed by atoms with Gasteiger partial charge in [-0.2, -0.15) is 18.3 Å². The molecule has 0 saturated carbocycles. The van der Waals surface area contributed by atoms with E-state index in [0.717, 1.165) is 5.56 Å². The standard InChI is InChI=1S/C18H21F3N4O2/c1-25-10-12(7-24-25)14-8-22-9-15(14)16(26)23-11-17(27,18(19,20)21)13-5-3-2-4-6-13/h2-7,10,14-15,22,27H,8-9,11H2,1H3,(H,23,26)/t14-,15+,17?/m1/s1. The van der Waals surface area contributed by atoms with Crippen molar-refractivity contribution in [3.8, 4) is 0 Å². The SMILES string of the molecule is Cn1cc([C@H]2CNC[C@@H]2C(=O)NCC(O)(c2ccccc2)C(F)(F)F)cn1. The first-order valence-corrected chi connectivity index (χ1v) is 8.54. The number of carbonyl (C=O) groups is 1. The van der Waals surface area contributed by atoms with Gasteiger partial charge in [0.25, 0.3) is 0 Å². The molecule has 1 saturated heterocycles. The zero-order chi connectivity index (χ0) is 19.7. The number of aliphatic hydroxyl groups is 1. The predicted molar refractivity (Wildman–Crippen MR) is 91.7 cm³/mol. The van der Waals surface area contributed by atoms with Crippen LogP contribution >= 0.6 is 0 Å². The van der Waals surface area contributed by atoms with Crippen LogP contribution in [-0.4, -0.2) is 46.6 Å².